The first-order chi connectivity index (χ1) is 2.77. The first-order valence-electron chi connectivity index (χ1n) is 1.00. The Bertz CT molecular complexity index is 77.6. The van der Waals surface area contributed by atoms with Gasteiger partial charge in [-0.1, -0.05) is 0 Å². The minimum Gasteiger partial charge on any atom is -0.207 e. The van der Waals surface area contributed by atoms with Crippen LogP contribution in [0.2, 0.25) is 0 Å². The molecule has 0 heterocycles. The van der Waals surface area contributed by atoms with Crippen LogP contribution in [0, 0.1) is 0 Å². The first-order valence-corrected chi connectivity index (χ1v) is 3.07. The zero-order valence-corrected chi connectivity index (χ0v) is 4.29. The number of halogens is 1. The molecule has 0 aliphatic carbocycles. The van der Waals surface area contributed by atoms with Gasteiger partial charge in [0, 0.05) is 0 Å². The first kappa shape index (κ1) is 5.98. The Kier molecular flexibility index (Phi) is 3.17. The molecule has 34 valence electrons. The second-order valence-electron chi connectivity index (χ2n) is 0.446. The van der Waals surface area contributed by atoms with Crippen molar-refractivity contribution in [2.24, 2.45) is 9.54 Å². The molecule has 0 rings (SSSR count). The Morgan fingerprint density at radius 2 is 2.50 bits per heavy atom. The van der Waals surface area contributed by atoms with Gasteiger partial charge < -0.3 is 0 Å². The standard InChI is InChI=1S/CHClN2OS/c2-6(3)4-1-5/h3H/p+1. The van der Waals surface area contributed by atoms with Crippen molar-refractivity contribution >= 4 is 27.2 Å². The molecule has 0 fully saturated rings. The molecule has 0 saturated heterocycles. The fraction of sp³-hybridized carbons (Fsp3) is 0. The average Bonchev–Trinajstić information content (AvgIpc) is 1.35. The molecule has 0 aromatic rings. The fourth-order valence-corrected chi connectivity index (χ4v) is 0.191. The number of isocyanates is 1. The van der Waals surface area contributed by atoms with Crippen molar-refractivity contribution in [1.82, 2.24) is 0 Å². The summed E-state index contributed by atoms with van der Waals surface area (Å²) in [6.07, 6.45) is 1.20. The van der Waals surface area contributed by atoms with Crippen LogP contribution in [0.5, 0.6) is 0 Å². The molecule has 1 atom stereocenters. The highest BCUT2D eigenvalue weighted by Gasteiger charge is 2.01. The molecule has 0 bridgehead atoms. The molecular weight excluding hydrogens is 124 g/mol. The summed E-state index contributed by atoms with van der Waals surface area (Å²) in [6, 6.07) is 0. The molecule has 0 aliphatic rings. The molecule has 0 aromatic heterocycles. The zero-order chi connectivity index (χ0) is 4.99. The third-order valence-electron chi connectivity index (χ3n) is 0.124. The molecule has 0 aliphatic heterocycles. The molecule has 6 heavy (non-hydrogen) atoms. The van der Waals surface area contributed by atoms with Crippen molar-refractivity contribution < 1.29 is 4.79 Å². The molecule has 2 N–H and O–H groups in total. The van der Waals surface area contributed by atoms with E-state index < -0.39 is 10.5 Å². The topological polar surface area (TPSA) is 55.4 Å². The number of nitrogens with zero attached hydrogens (tertiary/aromatic N) is 1. The predicted octanol–water partition coefficient (Wildman–Crippen LogP) is -0.117. The lowest BCUT2D eigenvalue weighted by Gasteiger charge is -1.60. The Morgan fingerprint density at radius 3 is 2.50 bits per heavy atom. The van der Waals surface area contributed by atoms with E-state index in [-0.39, 0.29) is 0 Å². The van der Waals surface area contributed by atoms with Gasteiger partial charge in [-0.2, -0.15) is 0 Å². The van der Waals surface area contributed by atoms with Gasteiger partial charge in [-0.05, 0) is 0 Å². The fourth-order valence-electron chi connectivity index (χ4n) is 0.0356. The van der Waals surface area contributed by atoms with E-state index in [1.807, 2.05) is 0 Å². The largest absolute Gasteiger partial charge is 0.347 e. The summed E-state index contributed by atoms with van der Waals surface area (Å²) >= 11 is 0. The van der Waals surface area contributed by atoms with Gasteiger partial charge in [-0.25, -0.2) is 4.79 Å². The van der Waals surface area contributed by atoms with E-state index in [1.54, 1.807) is 0 Å². The lowest BCUT2D eigenvalue weighted by atomic mass is 11.7. The Balaban J connectivity index is 3.29. The molecule has 0 saturated carbocycles. The van der Waals surface area contributed by atoms with Gasteiger partial charge in [0.05, 0.1) is 4.40 Å². The maximum atomic E-state index is 9.17. The molecular formula is CH2ClN2OS+. The molecule has 5 heteroatoms. The van der Waals surface area contributed by atoms with Crippen molar-refractivity contribution in [2.45, 2.75) is 0 Å². The van der Waals surface area contributed by atoms with Crippen LogP contribution < -0.4 is 5.14 Å². The number of rotatable bonds is 1. The molecule has 0 spiro atoms. The Labute approximate surface area is 42.3 Å². The summed E-state index contributed by atoms with van der Waals surface area (Å²) in [5.74, 6) is 0. The maximum absolute atomic E-state index is 9.17. The van der Waals surface area contributed by atoms with Crippen LogP contribution in [0.4, 0.5) is 0 Å². The third kappa shape index (κ3) is 3.98. The highest BCUT2D eigenvalue weighted by atomic mass is 35.7. The number of nitrogens with two attached hydrogens (primary N) is 1. The van der Waals surface area contributed by atoms with Crippen LogP contribution in [0.1, 0.15) is 0 Å². The maximum Gasteiger partial charge on any atom is 0.347 e. The van der Waals surface area contributed by atoms with E-state index in [0.29, 0.717) is 0 Å². The third-order valence-corrected chi connectivity index (χ3v) is 0.580. The quantitative estimate of drug-likeness (QED) is 0.302. The van der Waals surface area contributed by atoms with E-state index >= 15 is 0 Å². The van der Waals surface area contributed by atoms with Crippen LogP contribution >= 0.6 is 10.7 Å². The highest BCUT2D eigenvalue weighted by Crippen LogP contribution is 1.88. The van der Waals surface area contributed by atoms with Crippen molar-refractivity contribution in [3.05, 3.63) is 0 Å². The summed E-state index contributed by atoms with van der Waals surface area (Å²) in [5.41, 5.74) is 0. The SMILES string of the molecule is N[S+](Cl)N=C=O. The van der Waals surface area contributed by atoms with Crippen LogP contribution in [0.3, 0.4) is 0 Å². The monoisotopic (exact) mass is 125 g/mol. The molecule has 0 amide bonds. The molecule has 0 aromatic carbocycles. The van der Waals surface area contributed by atoms with Crippen LogP contribution in [0.25, 0.3) is 0 Å². The Hall–Kier alpha value is -0.0200. The number of carbonyl (C=O) groups excluding carboxylic acids is 1. The summed E-state index contributed by atoms with van der Waals surface area (Å²) in [4.78, 5) is 9.17. The van der Waals surface area contributed by atoms with Gasteiger partial charge >= 0.3 is 10.5 Å². The second-order valence-corrected chi connectivity index (χ2v) is 2.10. The van der Waals surface area contributed by atoms with Crippen LogP contribution in [-0.4, -0.2) is 6.08 Å². The Morgan fingerprint density at radius 1 is 2.00 bits per heavy atom. The zero-order valence-electron chi connectivity index (χ0n) is 2.72. The molecule has 1 unspecified atom stereocenters. The van der Waals surface area contributed by atoms with Crippen LogP contribution in [-0.2, 0) is 15.3 Å². The lowest BCUT2D eigenvalue weighted by Crippen LogP contribution is -1.97. The summed E-state index contributed by atoms with van der Waals surface area (Å²) in [7, 11) is 3.81. The average molecular weight is 126 g/mol. The minimum atomic E-state index is -1.14. The van der Waals surface area contributed by atoms with Gasteiger partial charge in [0.15, 0.2) is 0 Å². The van der Waals surface area contributed by atoms with Gasteiger partial charge in [0.2, 0.25) is 10.7 Å². The van der Waals surface area contributed by atoms with Crippen molar-refractivity contribution in [3.8, 4) is 0 Å². The predicted molar refractivity (Wildman–Crippen MR) is 25.5 cm³/mol. The summed E-state index contributed by atoms with van der Waals surface area (Å²) in [6.45, 7) is 0. The minimum absolute atomic E-state index is 1.14. The van der Waals surface area contributed by atoms with Gasteiger partial charge in [0.1, 0.15) is 0 Å². The van der Waals surface area contributed by atoms with Crippen molar-refractivity contribution in [2.75, 3.05) is 0 Å². The summed E-state index contributed by atoms with van der Waals surface area (Å²) in [5, 5.41) is 4.77. The van der Waals surface area contributed by atoms with E-state index in [9.17, 15) is 0 Å². The van der Waals surface area contributed by atoms with Gasteiger partial charge in [0.25, 0.3) is 6.08 Å². The highest BCUT2D eigenvalue weighted by molar-refractivity contribution is 8.15. The molecule has 3 nitrogen and oxygen atoms in total. The number of hydrogen-bond donors (Lipinski definition) is 1. The van der Waals surface area contributed by atoms with E-state index in [0.717, 1.165) is 0 Å². The smallest absolute Gasteiger partial charge is 0.207 e. The van der Waals surface area contributed by atoms with Crippen LogP contribution in [0.15, 0.2) is 4.40 Å². The normalized spacial score (nSPS) is 12.3. The summed E-state index contributed by atoms with van der Waals surface area (Å²) < 4.78 is 2.89. The second kappa shape index (κ2) is 3.18. The lowest BCUT2D eigenvalue weighted by molar-refractivity contribution is 0.566. The van der Waals surface area contributed by atoms with Gasteiger partial charge in [-0.3, -0.25) is 0 Å². The number of hydrogen-bond acceptors (Lipinski definition) is 3. The van der Waals surface area contributed by atoms with Gasteiger partial charge in [-0.15, -0.1) is 5.14 Å². The van der Waals surface area contributed by atoms with E-state index in [1.165, 1.54) is 6.08 Å². The molecule has 0 radical (unpaired) electrons. The van der Waals surface area contributed by atoms with Crippen molar-refractivity contribution in [1.29, 1.82) is 0 Å². The van der Waals surface area contributed by atoms with Crippen molar-refractivity contribution in [3.63, 3.8) is 0 Å². The van der Waals surface area contributed by atoms with E-state index in [2.05, 4.69) is 4.40 Å². The van der Waals surface area contributed by atoms with E-state index in [4.69, 9.17) is 20.6 Å².